The van der Waals surface area contributed by atoms with E-state index in [0.717, 1.165) is 47.9 Å². The monoisotopic (exact) mass is 566 g/mol. The second kappa shape index (κ2) is 14.8. The molecular weight excluding hydrogens is 532 g/mol. The number of carbonyl (C=O) groups is 3. The maximum Gasteiger partial charge on any atom is 0.341 e. The molecule has 3 aromatic rings. The van der Waals surface area contributed by atoms with Crippen molar-refractivity contribution in [3.63, 3.8) is 0 Å². The van der Waals surface area contributed by atoms with Gasteiger partial charge in [-0.2, -0.15) is 0 Å². The van der Waals surface area contributed by atoms with E-state index >= 15 is 0 Å². The summed E-state index contributed by atoms with van der Waals surface area (Å²) in [4.78, 5) is 36.3. The summed E-state index contributed by atoms with van der Waals surface area (Å²) in [5.74, 6) is -1.02. The molecule has 0 saturated heterocycles. The summed E-state index contributed by atoms with van der Waals surface area (Å²) in [5.41, 5.74) is 3.93. The summed E-state index contributed by atoms with van der Waals surface area (Å²) >= 11 is 0. The van der Waals surface area contributed by atoms with Crippen LogP contribution >= 0.6 is 0 Å². The molecule has 1 fully saturated rings. The van der Waals surface area contributed by atoms with Gasteiger partial charge in [0.25, 0.3) is 0 Å². The molecule has 0 radical (unpaired) electrons. The van der Waals surface area contributed by atoms with E-state index in [9.17, 15) is 14.4 Å². The number of rotatable bonds is 11. The third-order valence-electron chi connectivity index (χ3n) is 6.84. The van der Waals surface area contributed by atoms with Crippen molar-refractivity contribution in [2.45, 2.75) is 44.6 Å². The lowest BCUT2D eigenvalue weighted by Crippen LogP contribution is -2.22. The van der Waals surface area contributed by atoms with E-state index in [1.165, 1.54) is 6.42 Å². The summed E-state index contributed by atoms with van der Waals surface area (Å²) in [6.07, 6.45) is 8.69. The van der Waals surface area contributed by atoms with Gasteiger partial charge in [-0.3, -0.25) is 4.79 Å². The van der Waals surface area contributed by atoms with Crippen LogP contribution in [0.25, 0.3) is 23.3 Å². The Morgan fingerprint density at radius 3 is 1.67 bits per heavy atom. The number of carbonyl (C=O) groups excluding carboxylic acids is 3. The first-order valence-corrected chi connectivity index (χ1v) is 13.9. The summed E-state index contributed by atoms with van der Waals surface area (Å²) in [5, 5.41) is 8.96. The quantitative estimate of drug-likeness (QED) is 0.119. The molecule has 0 heterocycles. The maximum absolute atomic E-state index is 12.4. The fraction of sp³-hybridized carbons (Fsp3) is 0.229. The van der Waals surface area contributed by atoms with Crippen LogP contribution in [-0.4, -0.2) is 35.7 Å². The largest absolute Gasteiger partial charge is 0.462 e. The van der Waals surface area contributed by atoms with Gasteiger partial charge >= 0.3 is 17.9 Å². The molecule has 0 aromatic heterocycles. The van der Waals surface area contributed by atoms with Crippen LogP contribution in [0.4, 0.5) is 0 Å². The van der Waals surface area contributed by atoms with Crippen LogP contribution in [0.1, 0.15) is 49.7 Å². The fourth-order valence-electron chi connectivity index (χ4n) is 4.42. The van der Waals surface area contributed by atoms with E-state index < -0.39 is 24.5 Å². The number of esters is 3. The Morgan fingerprint density at radius 1 is 0.690 bits per heavy atom. The molecule has 1 N–H and O–H groups in total. The zero-order chi connectivity index (χ0) is 29.9. The lowest BCUT2D eigenvalue weighted by molar-refractivity contribution is -0.150. The topological polar surface area (TPSA) is 99.1 Å². The van der Waals surface area contributed by atoms with Gasteiger partial charge < -0.3 is 19.3 Å². The second-order valence-electron chi connectivity index (χ2n) is 10.1. The lowest BCUT2D eigenvalue weighted by Gasteiger charge is -2.21. The van der Waals surface area contributed by atoms with E-state index in [-0.39, 0.29) is 23.7 Å². The molecule has 42 heavy (non-hydrogen) atoms. The van der Waals surface area contributed by atoms with E-state index in [1.807, 2.05) is 60.7 Å². The Labute approximate surface area is 245 Å². The summed E-state index contributed by atoms with van der Waals surface area (Å²) in [7, 11) is 0. The summed E-state index contributed by atoms with van der Waals surface area (Å²) in [6, 6.07) is 22.1. The molecule has 1 saturated carbocycles. The van der Waals surface area contributed by atoms with Crippen LogP contribution in [0.2, 0.25) is 0 Å². The van der Waals surface area contributed by atoms with Crippen molar-refractivity contribution < 1.29 is 33.7 Å². The second-order valence-corrected chi connectivity index (χ2v) is 10.1. The molecule has 0 amide bonds. The first kappa shape index (κ1) is 30.2. The van der Waals surface area contributed by atoms with Gasteiger partial charge in [-0.25, -0.2) is 9.59 Å². The average Bonchev–Trinajstić information content (AvgIpc) is 3.01. The molecule has 0 unspecified atom stereocenters. The average molecular weight is 567 g/mol. The number of ether oxygens (including phenoxy) is 3. The molecule has 3 aromatic carbocycles. The highest BCUT2D eigenvalue weighted by atomic mass is 16.5. The molecule has 0 atom stereocenters. The molecule has 7 heteroatoms. The molecule has 1 aliphatic rings. The number of hydrogen-bond donors (Lipinski definition) is 1. The van der Waals surface area contributed by atoms with Crippen LogP contribution < -0.4 is 9.47 Å². The van der Waals surface area contributed by atoms with E-state index in [0.29, 0.717) is 11.5 Å². The molecular formula is C35H34O7. The van der Waals surface area contributed by atoms with Crippen molar-refractivity contribution in [1.82, 2.24) is 0 Å². The molecule has 0 aliphatic heterocycles. The van der Waals surface area contributed by atoms with E-state index in [4.69, 9.17) is 19.3 Å². The number of hydrogen-bond acceptors (Lipinski definition) is 7. The van der Waals surface area contributed by atoms with Crippen molar-refractivity contribution in [1.29, 1.82) is 0 Å². The van der Waals surface area contributed by atoms with Gasteiger partial charge in [0, 0.05) is 5.57 Å². The summed E-state index contributed by atoms with van der Waals surface area (Å²) < 4.78 is 16.0. The highest BCUT2D eigenvalue weighted by molar-refractivity contribution is 5.94. The van der Waals surface area contributed by atoms with Crippen molar-refractivity contribution in [2.24, 2.45) is 0 Å². The predicted octanol–water partition coefficient (Wildman–Crippen LogP) is 6.71. The minimum Gasteiger partial charge on any atom is -0.462 e. The van der Waals surface area contributed by atoms with Crippen molar-refractivity contribution in [3.8, 4) is 22.6 Å². The minimum absolute atomic E-state index is 0.00634. The molecule has 216 valence electrons. The fourth-order valence-corrected chi connectivity index (χ4v) is 4.42. The van der Waals surface area contributed by atoms with Crippen LogP contribution in [0, 0.1) is 0 Å². The van der Waals surface area contributed by atoms with Gasteiger partial charge in [0.2, 0.25) is 0 Å². The Kier molecular flexibility index (Phi) is 10.6. The van der Waals surface area contributed by atoms with Crippen LogP contribution in [0.15, 0.2) is 97.1 Å². The molecule has 1 aliphatic carbocycles. The highest BCUT2D eigenvalue weighted by Gasteiger charge is 2.20. The maximum atomic E-state index is 12.4. The first-order valence-electron chi connectivity index (χ1n) is 13.9. The zero-order valence-corrected chi connectivity index (χ0v) is 23.4. The summed E-state index contributed by atoms with van der Waals surface area (Å²) in [6.45, 7) is 6.70. The highest BCUT2D eigenvalue weighted by Crippen LogP contribution is 2.25. The van der Waals surface area contributed by atoms with Crippen molar-refractivity contribution >= 4 is 30.1 Å². The Bertz CT molecular complexity index is 1440. The van der Waals surface area contributed by atoms with E-state index in [2.05, 4.69) is 13.2 Å². The zero-order valence-electron chi connectivity index (χ0n) is 23.4. The van der Waals surface area contributed by atoms with Gasteiger partial charge in [-0.15, -0.1) is 0 Å². The van der Waals surface area contributed by atoms with Crippen molar-refractivity contribution in [3.05, 3.63) is 108 Å². The van der Waals surface area contributed by atoms with Gasteiger partial charge in [-0.1, -0.05) is 80.3 Å². The third kappa shape index (κ3) is 8.88. The van der Waals surface area contributed by atoms with Gasteiger partial charge in [0.05, 0.1) is 18.6 Å². The first-order chi connectivity index (χ1) is 20.3. The number of aliphatic hydroxyl groups is 1. The Hall–Kier alpha value is -4.75. The Morgan fingerprint density at radius 2 is 1.14 bits per heavy atom. The van der Waals surface area contributed by atoms with Gasteiger partial charge in [0.15, 0.2) is 0 Å². The predicted molar refractivity (Wildman–Crippen MR) is 161 cm³/mol. The number of benzene rings is 3. The minimum atomic E-state index is -0.661. The molecule has 4 rings (SSSR count). The lowest BCUT2D eigenvalue weighted by atomic mass is 9.98. The van der Waals surface area contributed by atoms with Gasteiger partial charge in [-0.05, 0) is 72.2 Å². The van der Waals surface area contributed by atoms with Crippen LogP contribution in [-0.2, 0) is 19.1 Å². The van der Waals surface area contributed by atoms with Crippen LogP contribution in [0.3, 0.4) is 0 Å². The van der Waals surface area contributed by atoms with E-state index in [1.54, 1.807) is 24.3 Å². The molecule has 0 bridgehead atoms. The SMILES string of the molecule is C=C(CO)C(=O)Oc1ccc(/C=C/c2ccc(-c3ccc(OC(=O)C(=C)CC(=O)OC4CCCCC4)cc3)cc2)cc1. The smallest absolute Gasteiger partial charge is 0.341 e. The standard InChI is InChI=1S/C35H34O7/c1-24(22-33(37)40-30-6-4-3-5-7-30)34(38)41-32-20-16-29(17-21-32)28-14-10-26(11-15-28)8-9-27-12-18-31(19-13-27)42-35(39)25(2)23-36/h8-21,30,36H,1-7,22-23H2/b9-8+. The van der Waals surface area contributed by atoms with Gasteiger partial charge in [0.1, 0.15) is 17.6 Å². The molecule has 0 spiro atoms. The van der Waals surface area contributed by atoms with Crippen LogP contribution in [0.5, 0.6) is 11.5 Å². The van der Waals surface area contributed by atoms with Crippen molar-refractivity contribution in [2.75, 3.05) is 6.61 Å². The molecule has 7 nitrogen and oxygen atoms in total. The number of aliphatic hydroxyl groups excluding tert-OH is 1. The normalized spacial score (nSPS) is 13.4. The third-order valence-corrected chi connectivity index (χ3v) is 6.84. The Balaban J connectivity index is 1.26.